The van der Waals surface area contributed by atoms with E-state index in [9.17, 15) is 0 Å². The summed E-state index contributed by atoms with van der Waals surface area (Å²) >= 11 is 0. The molecule has 0 saturated carbocycles. The van der Waals surface area contributed by atoms with Crippen LogP contribution in [0.15, 0.2) is 18.3 Å². The van der Waals surface area contributed by atoms with Gasteiger partial charge in [-0.15, -0.1) is 0 Å². The van der Waals surface area contributed by atoms with Crippen molar-refractivity contribution in [2.45, 2.75) is 13.0 Å². The highest BCUT2D eigenvalue weighted by atomic mass is 16.5. The number of aromatic nitrogens is 1. The molecule has 1 aromatic rings. The summed E-state index contributed by atoms with van der Waals surface area (Å²) in [6, 6.07) is 6.01. The van der Waals surface area contributed by atoms with Crippen molar-refractivity contribution in [3.8, 4) is 6.07 Å². The van der Waals surface area contributed by atoms with E-state index in [0.717, 1.165) is 0 Å². The van der Waals surface area contributed by atoms with Crippen LogP contribution in [0.2, 0.25) is 0 Å². The van der Waals surface area contributed by atoms with Gasteiger partial charge in [-0.25, -0.2) is 0 Å². The molecular weight excluding hydrogens is 152 g/mol. The Morgan fingerprint density at radius 3 is 3.08 bits per heavy atom. The summed E-state index contributed by atoms with van der Waals surface area (Å²) in [5.41, 5.74) is 0.680. The van der Waals surface area contributed by atoms with E-state index in [1.54, 1.807) is 13.2 Å². The molecule has 1 unspecified atom stereocenters. The monoisotopic (exact) mass is 164 g/mol. The zero-order valence-electron chi connectivity index (χ0n) is 7.32. The lowest BCUT2D eigenvalue weighted by Gasteiger charge is -2.13. The minimum atomic E-state index is 0.222. The van der Waals surface area contributed by atoms with Gasteiger partial charge in [0.05, 0.1) is 12.6 Å². The van der Waals surface area contributed by atoms with E-state index < -0.39 is 0 Å². The van der Waals surface area contributed by atoms with Crippen LogP contribution in [0.25, 0.3) is 0 Å². The van der Waals surface area contributed by atoms with Gasteiger partial charge in [0.1, 0.15) is 11.8 Å². The van der Waals surface area contributed by atoms with Gasteiger partial charge in [0.15, 0.2) is 0 Å². The second-order valence-electron chi connectivity index (χ2n) is 2.72. The molecule has 0 spiro atoms. The Morgan fingerprint density at radius 1 is 1.75 bits per heavy atom. The van der Waals surface area contributed by atoms with Crippen molar-refractivity contribution >= 4 is 0 Å². The van der Waals surface area contributed by atoms with E-state index in [4.69, 9.17) is 10.00 Å². The number of nitriles is 1. The largest absolute Gasteiger partial charge is 0.383 e. The number of hydrogen-bond acceptors (Lipinski definition) is 2. The van der Waals surface area contributed by atoms with Crippen LogP contribution in [0, 0.1) is 11.3 Å². The normalized spacial score (nSPS) is 12.4. The maximum absolute atomic E-state index is 8.71. The predicted octanol–water partition coefficient (Wildman–Crippen LogP) is 1.57. The summed E-state index contributed by atoms with van der Waals surface area (Å²) in [4.78, 5) is 0. The molecule has 0 bridgehead atoms. The summed E-state index contributed by atoms with van der Waals surface area (Å²) in [5.74, 6) is 0. The number of rotatable bonds is 3. The van der Waals surface area contributed by atoms with Gasteiger partial charge in [0, 0.05) is 13.3 Å². The standard InChI is InChI=1S/C9H12N2O/c1-8(7-12-2)11-5-3-4-9(11)6-10/h3-5,8H,7H2,1-2H3. The van der Waals surface area contributed by atoms with Crippen LogP contribution < -0.4 is 0 Å². The van der Waals surface area contributed by atoms with E-state index in [1.165, 1.54) is 0 Å². The zero-order valence-corrected chi connectivity index (χ0v) is 7.32. The smallest absolute Gasteiger partial charge is 0.120 e. The molecule has 1 rings (SSSR count). The lowest BCUT2D eigenvalue weighted by molar-refractivity contribution is 0.162. The van der Waals surface area contributed by atoms with Crippen molar-refractivity contribution in [3.05, 3.63) is 24.0 Å². The molecule has 3 heteroatoms. The van der Waals surface area contributed by atoms with Crippen molar-refractivity contribution in [2.75, 3.05) is 13.7 Å². The minimum Gasteiger partial charge on any atom is -0.383 e. The molecule has 1 aromatic heterocycles. The minimum absolute atomic E-state index is 0.222. The summed E-state index contributed by atoms with van der Waals surface area (Å²) in [6.07, 6.45) is 1.89. The van der Waals surface area contributed by atoms with E-state index in [2.05, 4.69) is 6.07 Å². The zero-order chi connectivity index (χ0) is 8.97. The first-order chi connectivity index (χ1) is 5.79. The Morgan fingerprint density at radius 2 is 2.50 bits per heavy atom. The van der Waals surface area contributed by atoms with Gasteiger partial charge in [-0.3, -0.25) is 0 Å². The molecule has 0 saturated heterocycles. The van der Waals surface area contributed by atoms with Crippen LogP contribution in [0.3, 0.4) is 0 Å². The molecule has 0 radical (unpaired) electrons. The van der Waals surface area contributed by atoms with Crippen LogP contribution in [0.5, 0.6) is 0 Å². The van der Waals surface area contributed by atoms with Gasteiger partial charge in [-0.2, -0.15) is 5.26 Å². The predicted molar refractivity (Wildman–Crippen MR) is 45.7 cm³/mol. The van der Waals surface area contributed by atoms with Crippen molar-refractivity contribution in [3.63, 3.8) is 0 Å². The molecule has 1 heterocycles. The molecule has 12 heavy (non-hydrogen) atoms. The molecule has 0 N–H and O–H groups in total. The topological polar surface area (TPSA) is 38.0 Å². The second-order valence-corrected chi connectivity index (χ2v) is 2.72. The molecule has 0 aromatic carbocycles. The molecule has 3 nitrogen and oxygen atoms in total. The fourth-order valence-electron chi connectivity index (χ4n) is 1.19. The molecule has 64 valence electrons. The molecule has 0 amide bonds. The average Bonchev–Trinajstić information content (AvgIpc) is 2.51. The van der Waals surface area contributed by atoms with E-state index in [-0.39, 0.29) is 6.04 Å². The molecule has 0 aliphatic rings. The van der Waals surface area contributed by atoms with Crippen molar-refractivity contribution in [2.24, 2.45) is 0 Å². The average molecular weight is 164 g/mol. The van der Waals surface area contributed by atoms with Crippen LogP contribution >= 0.6 is 0 Å². The highest BCUT2D eigenvalue weighted by molar-refractivity contribution is 5.22. The van der Waals surface area contributed by atoms with Crippen LogP contribution in [0.4, 0.5) is 0 Å². The first-order valence-corrected chi connectivity index (χ1v) is 3.85. The third kappa shape index (κ3) is 1.66. The van der Waals surface area contributed by atoms with Gasteiger partial charge in [0.2, 0.25) is 0 Å². The number of hydrogen-bond donors (Lipinski definition) is 0. The van der Waals surface area contributed by atoms with Gasteiger partial charge in [0.25, 0.3) is 0 Å². The maximum Gasteiger partial charge on any atom is 0.120 e. The highest BCUT2D eigenvalue weighted by Crippen LogP contribution is 2.10. The molecule has 0 aliphatic carbocycles. The van der Waals surface area contributed by atoms with Crippen LogP contribution in [-0.2, 0) is 4.74 Å². The summed E-state index contributed by atoms with van der Waals surface area (Å²) in [5, 5.41) is 8.71. The number of ether oxygens (including phenoxy) is 1. The fraction of sp³-hybridized carbons (Fsp3) is 0.444. The third-order valence-electron chi connectivity index (χ3n) is 1.78. The van der Waals surface area contributed by atoms with Crippen LogP contribution in [-0.4, -0.2) is 18.3 Å². The SMILES string of the molecule is COCC(C)n1cccc1C#N. The van der Waals surface area contributed by atoms with Gasteiger partial charge < -0.3 is 9.30 Å². The number of methoxy groups -OCH3 is 1. The summed E-state index contributed by atoms with van der Waals surface area (Å²) in [6.45, 7) is 2.65. The van der Waals surface area contributed by atoms with Crippen molar-refractivity contribution < 1.29 is 4.74 Å². The Bertz CT molecular complexity index is 285. The van der Waals surface area contributed by atoms with Crippen molar-refractivity contribution in [1.82, 2.24) is 4.57 Å². The van der Waals surface area contributed by atoms with E-state index >= 15 is 0 Å². The Balaban J connectivity index is 2.80. The van der Waals surface area contributed by atoms with Gasteiger partial charge in [-0.05, 0) is 19.1 Å². The lowest BCUT2D eigenvalue weighted by atomic mass is 10.3. The molecule has 1 atom stereocenters. The lowest BCUT2D eigenvalue weighted by Crippen LogP contribution is -2.11. The second kappa shape index (κ2) is 3.93. The summed E-state index contributed by atoms with van der Waals surface area (Å²) in [7, 11) is 1.66. The maximum atomic E-state index is 8.71. The quantitative estimate of drug-likeness (QED) is 0.680. The molecular formula is C9H12N2O. The van der Waals surface area contributed by atoms with Gasteiger partial charge in [-0.1, -0.05) is 0 Å². The summed E-state index contributed by atoms with van der Waals surface area (Å²) < 4.78 is 6.90. The van der Waals surface area contributed by atoms with Gasteiger partial charge >= 0.3 is 0 Å². The Labute approximate surface area is 72.2 Å². The Kier molecular flexibility index (Phi) is 2.89. The highest BCUT2D eigenvalue weighted by Gasteiger charge is 2.06. The first-order valence-electron chi connectivity index (χ1n) is 3.85. The molecule has 0 fully saturated rings. The van der Waals surface area contributed by atoms with E-state index in [0.29, 0.717) is 12.3 Å². The van der Waals surface area contributed by atoms with Crippen molar-refractivity contribution in [1.29, 1.82) is 5.26 Å². The third-order valence-corrected chi connectivity index (χ3v) is 1.78. The number of nitrogens with zero attached hydrogens (tertiary/aromatic N) is 2. The fourth-order valence-corrected chi connectivity index (χ4v) is 1.19. The van der Waals surface area contributed by atoms with Crippen LogP contribution in [0.1, 0.15) is 18.7 Å². The van der Waals surface area contributed by atoms with E-state index in [1.807, 2.05) is 23.8 Å². The molecule has 0 aliphatic heterocycles. The first kappa shape index (κ1) is 8.82. The Hall–Kier alpha value is -1.27.